The van der Waals surface area contributed by atoms with Gasteiger partial charge in [0.25, 0.3) is 0 Å². The summed E-state index contributed by atoms with van der Waals surface area (Å²) < 4.78 is 1.14. The second-order valence-electron chi connectivity index (χ2n) is 5.97. The average molecular weight is 344 g/mol. The fourth-order valence-corrected chi connectivity index (χ4v) is 3.55. The maximum absolute atomic E-state index is 3.87. The average Bonchev–Trinajstić information content (AvgIpc) is 2.88. The van der Waals surface area contributed by atoms with Gasteiger partial charge in [0, 0.05) is 16.6 Å². The molecular formula is C19H22BrN. The maximum atomic E-state index is 3.87. The Balaban J connectivity index is 1.80. The molecule has 2 atom stereocenters. The van der Waals surface area contributed by atoms with Crippen LogP contribution in [-0.4, -0.2) is 0 Å². The van der Waals surface area contributed by atoms with E-state index in [0.717, 1.165) is 10.9 Å². The molecule has 1 aliphatic rings. The molecule has 0 spiro atoms. The van der Waals surface area contributed by atoms with Gasteiger partial charge in [0.05, 0.1) is 0 Å². The largest absolute Gasteiger partial charge is 0.303 e. The molecule has 110 valence electrons. The molecule has 0 amide bonds. The van der Waals surface area contributed by atoms with Crippen LogP contribution in [0.1, 0.15) is 54.1 Å². The molecular weight excluding hydrogens is 322 g/mol. The van der Waals surface area contributed by atoms with E-state index in [4.69, 9.17) is 0 Å². The van der Waals surface area contributed by atoms with Gasteiger partial charge in [-0.2, -0.15) is 0 Å². The first-order valence-electron chi connectivity index (χ1n) is 7.78. The van der Waals surface area contributed by atoms with Crippen molar-refractivity contribution in [3.8, 4) is 0 Å². The molecule has 0 heterocycles. The molecule has 2 heteroatoms. The van der Waals surface area contributed by atoms with Crippen LogP contribution in [0.25, 0.3) is 0 Å². The quantitative estimate of drug-likeness (QED) is 0.774. The van der Waals surface area contributed by atoms with Crippen LogP contribution < -0.4 is 5.32 Å². The summed E-state index contributed by atoms with van der Waals surface area (Å²) in [4.78, 5) is 0. The molecule has 0 radical (unpaired) electrons. The van der Waals surface area contributed by atoms with Crippen LogP contribution in [0.4, 0.5) is 0 Å². The van der Waals surface area contributed by atoms with E-state index < -0.39 is 0 Å². The van der Waals surface area contributed by atoms with Crippen LogP contribution in [0.2, 0.25) is 0 Å². The van der Waals surface area contributed by atoms with E-state index in [9.17, 15) is 0 Å². The van der Waals surface area contributed by atoms with Crippen molar-refractivity contribution in [1.82, 2.24) is 5.32 Å². The summed E-state index contributed by atoms with van der Waals surface area (Å²) in [6.45, 7) is 4.44. The van der Waals surface area contributed by atoms with Crippen molar-refractivity contribution in [3.05, 3.63) is 69.2 Å². The SMILES string of the molecule is CCC(NC1CCc2ccc(C)cc21)c1ccc(Br)cc1. The van der Waals surface area contributed by atoms with Crippen molar-refractivity contribution in [2.45, 2.75) is 45.2 Å². The summed E-state index contributed by atoms with van der Waals surface area (Å²) in [5.41, 5.74) is 5.76. The number of benzene rings is 2. The molecule has 0 saturated carbocycles. The lowest BCUT2D eigenvalue weighted by atomic mass is 10.0. The lowest BCUT2D eigenvalue weighted by molar-refractivity contribution is 0.433. The molecule has 0 saturated heterocycles. The molecule has 1 N–H and O–H groups in total. The first-order valence-corrected chi connectivity index (χ1v) is 8.57. The predicted octanol–water partition coefficient (Wildman–Crippen LogP) is 5.49. The summed E-state index contributed by atoms with van der Waals surface area (Å²) >= 11 is 3.51. The minimum absolute atomic E-state index is 0.426. The highest BCUT2D eigenvalue weighted by molar-refractivity contribution is 9.10. The van der Waals surface area contributed by atoms with Gasteiger partial charge in [-0.05, 0) is 55.0 Å². The first-order chi connectivity index (χ1) is 10.2. The number of hydrogen-bond donors (Lipinski definition) is 1. The van der Waals surface area contributed by atoms with E-state index >= 15 is 0 Å². The van der Waals surface area contributed by atoms with Crippen LogP contribution >= 0.6 is 15.9 Å². The number of halogens is 1. The number of aryl methyl sites for hydroxylation is 2. The normalized spacial score (nSPS) is 18.5. The minimum atomic E-state index is 0.426. The number of rotatable bonds is 4. The van der Waals surface area contributed by atoms with Crippen LogP contribution in [0.15, 0.2) is 46.9 Å². The fourth-order valence-electron chi connectivity index (χ4n) is 3.28. The van der Waals surface area contributed by atoms with E-state index in [2.05, 4.69) is 77.6 Å². The molecule has 3 rings (SSSR count). The highest BCUT2D eigenvalue weighted by Crippen LogP contribution is 2.34. The van der Waals surface area contributed by atoms with Gasteiger partial charge in [0.15, 0.2) is 0 Å². The molecule has 2 aromatic rings. The molecule has 2 unspecified atom stereocenters. The Morgan fingerprint density at radius 1 is 1.19 bits per heavy atom. The Kier molecular flexibility index (Phi) is 4.46. The zero-order valence-corrected chi connectivity index (χ0v) is 14.3. The summed E-state index contributed by atoms with van der Waals surface area (Å²) in [5, 5.41) is 3.87. The Bertz CT molecular complexity index is 618. The second-order valence-corrected chi connectivity index (χ2v) is 6.89. The van der Waals surface area contributed by atoms with Crippen LogP contribution in [-0.2, 0) is 6.42 Å². The summed E-state index contributed by atoms with van der Waals surface area (Å²) in [5.74, 6) is 0. The smallest absolute Gasteiger partial charge is 0.0331 e. The Hall–Kier alpha value is -1.12. The standard InChI is InChI=1S/C19H22BrN/c1-3-18(15-6-9-16(20)10-7-15)21-19-11-8-14-5-4-13(2)12-17(14)19/h4-7,9-10,12,18-19,21H,3,8,11H2,1-2H3. The predicted molar refractivity (Wildman–Crippen MR) is 92.6 cm³/mol. The first kappa shape index (κ1) is 14.8. The Morgan fingerprint density at radius 3 is 2.67 bits per heavy atom. The highest BCUT2D eigenvalue weighted by Gasteiger charge is 2.24. The zero-order valence-electron chi connectivity index (χ0n) is 12.7. The Morgan fingerprint density at radius 2 is 1.95 bits per heavy atom. The topological polar surface area (TPSA) is 12.0 Å². The molecule has 1 nitrogen and oxygen atoms in total. The summed E-state index contributed by atoms with van der Waals surface area (Å²) in [6, 6.07) is 16.5. The molecule has 0 bridgehead atoms. The van der Waals surface area contributed by atoms with Crippen LogP contribution in [0.5, 0.6) is 0 Å². The number of nitrogens with one attached hydrogen (secondary N) is 1. The maximum Gasteiger partial charge on any atom is 0.0331 e. The van der Waals surface area contributed by atoms with E-state index in [1.165, 1.54) is 35.1 Å². The van der Waals surface area contributed by atoms with Gasteiger partial charge in [-0.25, -0.2) is 0 Å². The highest BCUT2D eigenvalue weighted by atomic mass is 79.9. The number of fused-ring (bicyclic) bond motifs is 1. The van der Waals surface area contributed by atoms with E-state index in [1.54, 1.807) is 0 Å². The van der Waals surface area contributed by atoms with Gasteiger partial charge in [-0.1, -0.05) is 58.7 Å². The van der Waals surface area contributed by atoms with Crippen molar-refractivity contribution in [1.29, 1.82) is 0 Å². The van der Waals surface area contributed by atoms with Crippen molar-refractivity contribution < 1.29 is 0 Å². The van der Waals surface area contributed by atoms with Crippen molar-refractivity contribution in [2.24, 2.45) is 0 Å². The van der Waals surface area contributed by atoms with Gasteiger partial charge in [-0.15, -0.1) is 0 Å². The van der Waals surface area contributed by atoms with E-state index in [1.807, 2.05) is 0 Å². The molecule has 1 aliphatic carbocycles. The third kappa shape index (κ3) is 3.22. The molecule has 2 aromatic carbocycles. The molecule has 21 heavy (non-hydrogen) atoms. The monoisotopic (exact) mass is 343 g/mol. The van der Waals surface area contributed by atoms with Crippen LogP contribution in [0, 0.1) is 6.92 Å². The zero-order chi connectivity index (χ0) is 14.8. The van der Waals surface area contributed by atoms with Gasteiger partial charge in [0.2, 0.25) is 0 Å². The third-order valence-electron chi connectivity index (χ3n) is 4.46. The molecule has 0 aliphatic heterocycles. The summed E-state index contributed by atoms with van der Waals surface area (Å²) in [6.07, 6.45) is 3.52. The van der Waals surface area contributed by atoms with Gasteiger partial charge >= 0.3 is 0 Å². The van der Waals surface area contributed by atoms with Gasteiger partial charge < -0.3 is 5.32 Å². The van der Waals surface area contributed by atoms with Crippen molar-refractivity contribution in [2.75, 3.05) is 0 Å². The van der Waals surface area contributed by atoms with Crippen molar-refractivity contribution >= 4 is 15.9 Å². The fraction of sp³-hybridized carbons (Fsp3) is 0.368. The van der Waals surface area contributed by atoms with E-state index in [-0.39, 0.29) is 0 Å². The van der Waals surface area contributed by atoms with Gasteiger partial charge in [0.1, 0.15) is 0 Å². The van der Waals surface area contributed by atoms with E-state index in [0.29, 0.717) is 12.1 Å². The minimum Gasteiger partial charge on any atom is -0.303 e. The number of hydrogen-bond acceptors (Lipinski definition) is 1. The lowest BCUT2D eigenvalue weighted by Gasteiger charge is -2.23. The third-order valence-corrected chi connectivity index (χ3v) is 4.99. The van der Waals surface area contributed by atoms with Crippen molar-refractivity contribution in [3.63, 3.8) is 0 Å². The summed E-state index contributed by atoms with van der Waals surface area (Å²) in [7, 11) is 0. The molecule has 0 fully saturated rings. The van der Waals surface area contributed by atoms with Gasteiger partial charge in [-0.3, -0.25) is 0 Å². The Labute approximate surface area is 135 Å². The molecule has 0 aromatic heterocycles. The lowest BCUT2D eigenvalue weighted by Crippen LogP contribution is -2.24. The second kappa shape index (κ2) is 6.33. The van der Waals surface area contributed by atoms with Crippen LogP contribution in [0.3, 0.4) is 0 Å².